The van der Waals surface area contributed by atoms with Crippen LogP contribution in [0, 0.1) is 0 Å². The SMILES string of the molecule is C1=CC2=C(c3cnn4cccnc34)C(c3cc4ccccn4n3)ON2C=C1. The van der Waals surface area contributed by atoms with Gasteiger partial charge in [0.2, 0.25) is 0 Å². The quantitative estimate of drug-likeness (QED) is 0.553. The van der Waals surface area contributed by atoms with Crippen LogP contribution in [0.3, 0.4) is 0 Å². The second-order valence-electron chi connectivity index (χ2n) is 6.40. The Bertz CT molecular complexity index is 1240. The molecule has 0 amide bonds. The Kier molecular flexibility index (Phi) is 2.89. The van der Waals surface area contributed by atoms with E-state index >= 15 is 0 Å². The van der Waals surface area contributed by atoms with Crippen LogP contribution in [0.1, 0.15) is 17.4 Å². The molecule has 0 radical (unpaired) electrons. The molecule has 7 nitrogen and oxygen atoms in total. The summed E-state index contributed by atoms with van der Waals surface area (Å²) in [6.07, 6.45) is 15.0. The molecule has 7 heteroatoms. The van der Waals surface area contributed by atoms with Crippen molar-refractivity contribution < 1.29 is 4.84 Å². The van der Waals surface area contributed by atoms with Crippen molar-refractivity contribution in [3.63, 3.8) is 0 Å². The van der Waals surface area contributed by atoms with Gasteiger partial charge in [0.1, 0.15) is 0 Å². The van der Waals surface area contributed by atoms with Crippen LogP contribution in [-0.2, 0) is 4.84 Å². The maximum Gasteiger partial charge on any atom is 0.162 e. The maximum atomic E-state index is 6.25. The third-order valence-corrected chi connectivity index (χ3v) is 4.81. The summed E-state index contributed by atoms with van der Waals surface area (Å²) in [5.74, 6) is 0. The Labute approximate surface area is 154 Å². The number of hydrogen-bond donors (Lipinski definition) is 0. The standard InChI is InChI=1S/C20H14N6O/c1-3-9-24-14(6-1)12-16(23-24)19-18(17-7-2-4-11-26(17)27-19)15-13-22-25-10-5-8-21-20(15)25/h1-13,19H. The number of aromatic nitrogens is 5. The van der Waals surface area contributed by atoms with E-state index in [0.717, 1.165) is 33.7 Å². The molecule has 0 saturated carbocycles. The summed E-state index contributed by atoms with van der Waals surface area (Å²) in [4.78, 5) is 10.8. The number of hydroxylamine groups is 2. The first-order valence-electron chi connectivity index (χ1n) is 8.66. The molecule has 0 fully saturated rings. The Hall–Kier alpha value is -3.71. The first kappa shape index (κ1) is 14.5. The van der Waals surface area contributed by atoms with Crippen molar-refractivity contribution in [1.29, 1.82) is 0 Å². The van der Waals surface area contributed by atoms with Gasteiger partial charge in [-0.15, -0.1) is 0 Å². The minimum atomic E-state index is -0.345. The Morgan fingerprint density at radius 2 is 2.00 bits per heavy atom. The molecule has 0 bridgehead atoms. The van der Waals surface area contributed by atoms with Crippen LogP contribution in [0.5, 0.6) is 0 Å². The third-order valence-electron chi connectivity index (χ3n) is 4.81. The molecule has 2 aliphatic heterocycles. The molecule has 130 valence electrons. The highest BCUT2D eigenvalue weighted by atomic mass is 16.7. The second-order valence-corrected chi connectivity index (χ2v) is 6.40. The Morgan fingerprint density at radius 1 is 1.04 bits per heavy atom. The van der Waals surface area contributed by atoms with E-state index < -0.39 is 0 Å². The fourth-order valence-electron chi connectivity index (χ4n) is 3.61. The number of rotatable bonds is 2. The molecule has 0 spiro atoms. The van der Waals surface area contributed by atoms with Crippen LogP contribution < -0.4 is 0 Å². The van der Waals surface area contributed by atoms with E-state index in [-0.39, 0.29) is 6.10 Å². The van der Waals surface area contributed by atoms with Gasteiger partial charge in [-0.2, -0.15) is 10.2 Å². The molecule has 27 heavy (non-hydrogen) atoms. The fraction of sp³-hybridized carbons (Fsp3) is 0.0500. The minimum absolute atomic E-state index is 0.345. The molecular formula is C20H14N6O. The van der Waals surface area contributed by atoms with Crippen molar-refractivity contribution in [3.05, 3.63) is 96.5 Å². The molecule has 0 saturated heterocycles. The van der Waals surface area contributed by atoms with Crippen LogP contribution in [-0.4, -0.2) is 29.3 Å². The van der Waals surface area contributed by atoms with E-state index in [1.54, 1.807) is 15.8 Å². The molecule has 1 atom stereocenters. The first-order chi connectivity index (χ1) is 13.4. The number of hydrogen-bond acceptors (Lipinski definition) is 5. The number of fused-ring (bicyclic) bond motifs is 3. The van der Waals surface area contributed by atoms with Gasteiger partial charge >= 0.3 is 0 Å². The van der Waals surface area contributed by atoms with Crippen LogP contribution in [0.25, 0.3) is 16.7 Å². The fourth-order valence-corrected chi connectivity index (χ4v) is 3.61. The minimum Gasteiger partial charge on any atom is -0.254 e. The van der Waals surface area contributed by atoms with Crippen LogP contribution in [0.2, 0.25) is 0 Å². The van der Waals surface area contributed by atoms with Crippen molar-refractivity contribution in [2.24, 2.45) is 0 Å². The summed E-state index contributed by atoms with van der Waals surface area (Å²) < 4.78 is 3.63. The second kappa shape index (κ2) is 5.39. The summed E-state index contributed by atoms with van der Waals surface area (Å²) in [5, 5.41) is 11.0. The van der Waals surface area contributed by atoms with E-state index in [1.165, 1.54) is 0 Å². The van der Waals surface area contributed by atoms with Gasteiger partial charge < -0.3 is 0 Å². The zero-order chi connectivity index (χ0) is 17.8. The topological polar surface area (TPSA) is 60.0 Å². The summed E-state index contributed by atoms with van der Waals surface area (Å²) in [7, 11) is 0. The van der Waals surface area contributed by atoms with Gasteiger partial charge in [0.25, 0.3) is 0 Å². The van der Waals surface area contributed by atoms with E-state index in [2.05, 4.69) is 16.1 Å². The van der Waals surface area contributed by atoms with E-state index in [1.807, 2.05) is 71.8 Å². The zero-order valence-corrected chi connectivity index (χ0v) is 14.2. The molecule has 6 heterocycles. The highest BCUT2D eigenvalue weighted by Gasteiger charge is 2.37. The lowest BCUT2D eigenvalue weighted by Crippen LogP contribution is -2.12. The van der Waals surface area contributed by atoms with Gasteiger partial charge in [0.05, 0.1) is 23.1 Å². The van der Waals surface area contributed by atoms with Crippen molar-refractivity contribution in [2.45, 2.75) is 6.10 Å². The van der Waals surface area contributed by atoms with Crippen molar-refractivity contribution in [1.82, 2.24) is 29.3 Å². The van der Waals surface area contributed by atoms with Gasteiger partial charge in [0, 0.05) is 35.9 Å². The smallest absolute Gasteiger partial charge is 0.162 e. The molecule has 1 unspecified atom stereocenters. The molecular weight excluding hydrogens is 340 g/mol. The molecule has 4 aromatic rings. The van der Waals surface area contributed by atoms with Crippen molar-refractivity contribution >= 4 is 16.7 Å². The van der Waals surface area contributed by atoms with Gasteiger partial charge in [0.15, 0.2) is 11.8 Å². The third kappa shape index (κ3) is 2.09. The zero-order valence-electron chi connectivity index (χ0n) is 14.2. The average molecular weight is 354 g/mol. The number of allylic oxidation sites excluding steroid dienone is 3. The molecule has 4 aromatic heterocycles. The Morgan fingerprint density at radius 3 is 2.96 bits per heavy atom. The van der Waals surface area contributed by atoms with E-state index in [4.69, 9.17) is 9.94 Å². The van der Waals surface area contributed by atoms with E-state index in [9.17, 15) is 0 Å². The largest absolute Gasteiger partial charge is 0.254 e. The molecule has 0 aromatic carbocycles. The normalized spacial score (nSPS) is 18.8. The molecule has 0 N–H and O–H groups in total. The lowest BCUT2D eigenvalue weighted by molar-refractivity contribution is -0.100. The number of nitrogens with zero attached hydrogens (tertiary/aromatic N) is 6. The highest BCUT2D eigenvalue weighted by Crippen LogP contribution is 2.45. The summed E-state index contributed by atoms with van der Waals surface area (Å²) in [6, 6.07) is 9.91. The average Bonchev–Trinajstić information content (AvgIpc) is 3.41. The summed E-state index contributed by atoms with van der Waals surface area (Å²) in [5.41, 5.74) is 5.58. The Balaban J connectivity index is 1.58. The molecule has 6 rings (SSSR count). The van der Waals surface area contributed by atoms with Gasteiger partial charge in [-0.25, -0.2) is 19.1 Å². The number of pyridine rings is 1. The summed E-state index contributed by atoms with van der Waals surface area (Å²) in [6.45, 7) is 0. The highest BCUT2D eigenvalue weighted by molar-refractivity contribution is 5.83. The van der Waals surface area contributed by atoms with Crippen molar-refractivity contribution in [2.75, 3.05) is 0 Å². The van der Waals surface area contributed by atoms with Crippen LogP contribution >= 0.6 is 0 Å². The summed E-state index contributed by atoms with van der Waals surface area (Å²) >= 11 is 0. The molecule has 2 aliphatic rings. The van der Waals surface area contributed by atoms with Crippen molar-refractivity contribution in [3.8, 4) is 0 Å². The predicted octanol–water partition coefficient (Wildman–Crippen LogP) is 3.16. The van der Waals surface area contributed by atoms with Crippen LogP contribution in [0.4, 0.5) is 0 Å². The predicted molar refractivity (Wildman–Crippen MR) is 99.0 cm³/mol. The first-order valence-corrected chi connectivity index (χ1v) is 8.66. The molecule has 0 aliphatic carbocycles. The maximum absolute atomic E-state index is 6.25. The van der Waals surface area contributed by atoms with E-state index in [0.29, 0.717) is 0 Å². The monoisotopic (exact) mass is 354 g/mol. The van der Waals surface area contributed by atoms with Crippen LogP contribution in [0.15, 0.2) is 85.2 Å². The lowest BCUT2D eigenvalue weighted by atomic mass is 9.98. The van der Waals surface area contributed by atoms with Gasteiger partial charge in [-0.05, 0) is 36.4 Å². The van der Waals surface area contributed by atoms with Gasteiger partial charge in [-0.1, -0.05) is 12.1 Å². The lowest BCUT2D eigenvalue weighted by Gasteiger charge is -2.16. The van der Waals surface area contributed by atoms with Gasteiger partial charge in [-0.3, -0.25) is 4.84 Å².